The lowest BCUT2D eigenvalue weighted by Crippen LogP contribution is -1.83. The van der Waals surface area contributed by atoms with Gasteiger partial charge >= 0.3 is 0 Å². The number of aromatic nitrogens is 1. The first-order valence-corrected chi connectivity index (χ1v) is 5.69. The van der Waals surface area contributed by atoms with E-state index in [9.17, 15) is 9.18 Å². The average Bonchev–Trinajstić information content (AvgIpc) is 2.63. The van der Waals surface area contributed by atoms with Crippen molar-refractivity contribution in [1.29, 1.82) is 0 Å². The molecule has 0 saturated carbocycles. The number of carbonyl (C=O) groups excluding carboxylic acids is 1. The van der Waals surface area contributed by atoms with Crippen molar-refractivity contribution in [2.45, 2.75) is 6.92 Å². The van der Waals surface area contributed by atoms with E-state index in [0.717, 1.165) is 17.6 Å². The summed E-state index contributed by atoms with van der Waals surface area (Å²) in [5, 5.41) is 0.913. The van der Waals surface area contributed by atoms with E-state index < -0.39 is 5.82 Å². The molecule has 16 heavy (non-hydrogen) atoms. The minimum atomic E-state index is -0.393. The summed E-state index contributed by atoms with van der Waals surface area (Å²) < 4.78 is 13.5. The van der Waals surface area contributed by atoms with Crippen molar-refractivity contribution in [1.82, 2.24) is 4.98 Å². The Morgan fingerprint density at radius 3 is 2.88 bits per heavy atom. The molecule has 0 fully saturated rings. The van der Waals surface area contributed by atoms with Crippen LogP contribution < -0.4 is 0 Å². The van der Waals surface area contributed by atoms with Crippen LogP contribution in [0, 0.1) is 12.7 Å². The van der Waals surface area contributed by atoms with Crippen LogP contribution in [0.4, 0.5) is 4.39 Å². The minimum absolute atomic E-state index is 0.327. The molecule has 0 spiro atoms. The molecule has 2 aromatic rings. The molecule has 0 N–H and O–H groups in total. The molecule has 2 rings (SSSR count). The van der Waals surface area contributed by atoms with Crippen molar-refractivity contribution >= 4 is 29.2 Å². The van der Waals surface area contributed by atoms with Crippen LogP contribution in [0.25, 0.3) is 10.6 Å². The number of halogens is 2. The number of carbonyl (C=O) groups is 1. The van der Waals surface area contributed by atoms with Gasteiger partial charge < -0.3 is 0 Å². The lowest BCUT2D eigenvalue weighted by molar-refractivity contribution is 0.112. The number of nitrogens with zero attached hydrogens (tertiary/aromatic N) is 1. The summed E-state index contributed by atoms with van der Waals surface area (Å²) in [6, 6.07) is 4.26. The Morgan fingerprint density at radius 1 is 1.50 bits per heavy atom. The first kappa shape index (κ1) is 11.2. The molecule has 0 amide bonds. The van der Waals surface area contributed by atoms with Crippen molar-refractivity contribution in [3.8, 4) is 10.6 Å². The molecule has 82 valence electrons. The summed E-state index contributed by atoms with van der Waals surface area (Å²) in [4.78, 5) is 15.3. The highest BCUT2D eigenvalue weighted by atomic mass is 35.5. The van der Waals surface area contributed by atoms with Crippen molar-refractivity contribution in [3.63, 3.8) is 0 Å². The lowest BCUT2D eigenvalue weighted by Gasteiger charge is -1.98. The molecule has 0 unspecified atom stereocenters. The number of hydrogen-bond donors (Lipinski definition) is 0. The van der Waals surface area contributed by atoms with Gasteiger partial charge in [0.25, 0.3) is 0 Å². The van der Waals surface area contributed by atoms with Crippen LogP contribution in [0.2, 0.25) is 5.02 Å². The van der Waals surface area contributed by atoms with E-state index in [1.165, 1.54) is 18.2 Å². The second kappa shape index (κ2) is 4.31. The maximum Gasteiger partial charge on any atom is 0.161 e. The van der Waals surface area contributed by atoms with Crippen LogP contribution in [0.5, 0.6) is 0 Å². The molecule has 1 aromatic heterocycles. The minimum Gasteiger partial charge on any atom is -0.297 e. The fourth-order valence-corrected chi connectivity index (χ4v) is 2.36. The second-order valence-corrected chi connectivity index (χ2v) is 4.68. The zero-order valence-corrected chi connectivity index (χ0v) is 9.90. The third-order valence-electron chi connectivity index (χ3n) is 2.10. The van der Waals surface area contributed by atoms with E-state index in [2.05, 4.69) is 4.98 Å². The summed E-state index contributed by atoms with van der Waals surface area (Å²) in [6.07, 6.45) is 0.721. The van der Waals surface area contributed by atoms with Gasteiger partial charge in [-0.2, -0.15) is 0 Å². The number of hydrogen-bond acceptors (Lipinski definition) is 3. The van der Waals surface area contributed by atoms with E-state index in [4.69, 9.17) is 11.6 Å². The molecule has 5 heteroatoms. The summed E-state index contributed by atoms with van der Waals surface area (Å²) in [6.45, 7) is 1.71. The van der Waals surface area contributed by atoms with Gasteiger partial charge in [0.15, 0.2) is 6.29 Å². The first-order chi connectivity index (χ1) is 7.61. The van der Waals surface area contributed by atoms with Crippen molar-refractivity contribution < 1.29 is 9.18 Å². The lowest BCUT2D eigenvalue weighted by atomic mass is 10.2. The zero-order valence-electron chi connectivity index (χ0n) is 8.33. The molecule has 0 radical (unpaired) electrons. The Kier molecular flexibility index (Phi) is 3.03. The summed E-state index contributed by atoms with van der Waals surface area (Å²) in [5.74, 6) is -0.393. The van der Waals surface area contributed by atoms with E-state index in [1.54, 1.807) is 6.92 Å². The number of rotatable bonds is 2. The predicted molar refractivity (Wildman–Crippen MR) is 62.6 cm³/mol. The Hall–Kier alpha value is -1.26. The van der Waals surface area contributed by atoms with Gasteiger partial charge in [-0.25, -0.2) is 9.37 Å². The highest BCUT2D eigenvalue weighted by molar-refractivity contribution is 7.16. The Bertz CT molecular complexity index is 553. The van der Waals surface area contributed by atoms with Gasteiger partial charge in [-0.05, 0) is 25.1 Å². The molecule has 0 atom stereocenters. The van der Waals surface area contributed by atoms with E-state index in [-0.39, 0.29) is 0 Å². The van der Waals surface area contributed by atoms with Crippen molar-refractivity contribution in [3.05, 3.63) is 39.6 Å². The van der Waals surface area contributed by atoms with Gasteiger partial charge in [-0.15, -0.1) is 11.3 Å². The molecule has 0 aliphatic heterocycles. The molecule has 0 bridgehead atoms. The van der Waals surface area contributed by atoms with Crippen LogP contribution in [-0.4, -0.2) is 11.3 Å². The normalized spacial score (nSPS) is 10.4. The zero-order chi connectivity index (χ0) is 11.7. The SMILES string of the molecule is Cc1nc(-c2cc(Cl)ccc2F)sc1C=O. The predicted octanol–water partition coefficient (Wildman–Crippen LogP) is 3.72. The summed E-state index contributed by atoms with van der Waals surface area (Å²) in [5.41, 5.74) is 0.933. The number of aryl methyl sites for hydroxylation is 1. The largest absolute Gasteiger partial charge is 0.297 e. The molecular formula is C11H7ClFNOS. The summed E-state index contributed by atoms with van der Waals surface area (Å²) in [7, 11) is 0. The van der Waals surface area contributed by atoms with Crippen LogP contribution in [-0.2, 0) is 0 Å². The molecule has 2 nitrogen and oxygen atoms in total. The van der Waals surface area contributed by atoms with Crippen LogP contribution in [0.1, 0.15) is 15.4 Å². The van der Waals surface area contributed by atoms with Crippen molar-refractivity contribution in [2.24, 2.45) is 0 Å². The smallest absolute Gasteiger partial charge is 0.161 e. The maximum atomic E-state index is 13.5. The van der Waals surface area contributed by atoms with Gasteiger partial charge in [0.2, 0.25) is 0 Å². The highest BCUT2D eigenvalue weighted by Crippen LogP contribution is 2.30. The van der Waals surface area contributed by atoms with Gasteiger partial charge in [0.05, 0.1) is 10.6 Å². The number of thiazole rings is 1. The first-order valence-electron chi connectivity index (χ1n) is 4.50. The van der Waals surface area contributed by atoms with Gasteiger partial charge in [-0.1, -0.05) is 11.6 Å². The monoisotopic (exact) mass is 255 g/mol. The average molecular weight is 256 g/mol. The Balaban J connectivity index is 2.57. The van der Waals surface area contributed by atoms with E-state index >= 15 is 0 Å². The number of aldehydes is 1. The van der Waals surface area contributed by atoms with Crippen LogP contribution in [0.15, 0.2) is 18.2 Å². The third-order valence-corrected chi connectivity index (χ3v) is 3.45. The molecule has 0 aliphatic rings. The highest BCUT2D eigenvalue weighted by Gasteiger charge is 2.12. The van der Waals surface area contributed by atoms with Crippen LogP contribution in [0.3, 0.4) is 0 Å². The third kappa shape index (κ3) is 1.99. The van der Waals surface area contributed by atoms with E-state index in [0.29, 0.717) is 26.2 Å². The summed E-state index contributed by atoms with van der Waals surface area (Å²) >= 11 is 6.95. The van der Waals surface area contributed by atoms with Gasteiger partial charge in [0.1, 0.15) is 10.8 Å². The quantitative estimate of drug-likeness (QED) is 0.766. The maximum absolute atomic E-state index is 13.5. The van der Waals surface area contributed by atoms with Crippen LogP contribution >= 0.6 is 22.9 Å². The Morgan fingerprint density at radius 2 is 2.25 bits per heavy atom. The van der Waals surface area contributed by atoms with Crippen molar-refractivity contribution in [2.75, 3.05) is 0 Å². The fraction of sp³-hybridized carbons (Fsp3) is 0.0909. The molecule has 1 heterocycles. The molecule has 0 aliphatic carbocycles. The fourth-order valence-electron chi connectivity index (χ4n) is 1.29. The van der Waals surface area contributed by atoms with Gasteiger partial charge in [0, 0.05) is 10.6 Å². The number of benzene rings is 1. The van der Waals surface area contributed by atoms with E-state index in [1.807, 2.05) is 0 Å². The second-order valence-electron chi connectivity index (χ2n) is 3.21. The molecular weight excluding hydrogens is 249 g/mol. The molecule has 0 saturated heterocycles. The standard InChI is InChI=1S/C11H7ClFNOS/c1-6-10(5-15)16-11(14-6)8-4-7(12)2-3-9(8)13/h2-5H,1H3. The Labute approximate surface area is 101 Å². The molecule has 1 aromatic carbocycles. The van der Waals surface area contributed by atoms with Gasteiger partial charge in [-0.3, -0.25) is 4.79 Å². The topological polar surface area (TPSA) is 30.0 Å².